The second-order valence-electron chi connectivity index (χ2n) is 5.24. The molecule has 14 heavy (non-hydrogen) atoms. The molecule has 0 aromatic rings. The Balaban J connectivity index is 1.76. The first-order valence-corrected chi connectivity index (χ1v) is 5.63. The van der Waals surface area contributed by atoms with Crippen LogP contribution in [0.4, 0.5) is 0 Å². The Morgan fingerprint density at radius 1 is 1.43 bits per heavy atom. The molecular weight excluding hydrogens is 178 g/mol. The zero-order valence-electron chi connectivity index (χ0n) is 9.20. The molecule has 0 amide bonds. The maximum absolute atomic E-state index is 9.39. The van der Waals surface area contributed by atoms with E-state index in [1.165, 1.54) is 6.42 Å². The minimum Gasteiger partial charge on any atom is -0.392 e. The van der Waals surface area contributed by atoms with Gasteiger partial charge in [0.25, 0.3) is 0 Å². The molecule has 2 atom stereocenters. The molecule has 0 aromatic carbocycles. The van der Waals surface area contributed by atoms with Crippen molar-refractivity contribution in [2.45, 2.75) is 50.9 Å². The van der Waals surface area contributed by atoms with E-state index >= 15 is 0 Å². The van der Waals surface area contributed by atoms with Crippen molar-refractivity contribution in [3.8, 4) is 0 Å². The van der Waals surface area contributed by atoms with Crippen molar-refractivity contribution in [2.75, 3.05) is 19.6 Å². The monoisotopic (exact) mass is 199 g/mol. The molecule has 2 saturated heterocycles. The molecule has 2 heterocycles. The van der Waals surface area contributed by atoms with Gasteiger partial charge in [-0.3, -0.25) is 4.90 Å². The number of likely N-dealkylation sites (tertiary alicyclic amines) is 1. The van der Waals surface area contributed by atoms with E-state index in [1.54, 1.807) is 0 Å². The molecule has 2 aliphatic rings. The van der Waals surface area contributed by atoms with E-state index in [0.29, 0.717) is 6.10 Å². The topological polar surface area (TPSA) is 32.7 Å². The van der Waals surface area contributed by atoms with Crippen LogP contribution in [0, 0.1) is 0 Å². The quantitative estimate of drug-likeness (QED) is 0.720. The third kappa shape index (κ3) is 2.47. The van der Waals surface area contributed by atoms with Crippen molar-refractivity contribution in [3.63, 3.8) is 0 Å². The average Bonchev–Trinajstić information content (AvgIpc) is 2.59. The van der Waals surface area contributed by atoms with Crippen LogP contribution >= 0.6 is 0 Å². The van der Waals surface area contributed by atoms with E-state index in [1.807, 2.05) is 0 Å². The van der Waals surface area contributed by atoms with Crippen LogP contribution in [0.25, 0.3) is 0 Å². The smallest absolute Gasteiger partial charge is 0.0710 e. The predicted octanol–water partition coefficient (Wildman–Crippen LogP) is 1.01. The first-order chi connectivity index (χ1) is 6.55. The minimum atomic E-state index is -0.107. The highest BCUT2D eigenvalue weighted by Crippen LogP contribution is 2.30. The van der Waals surface area contributed by atoms with Crippen molar-refractivity contribution in [3.05, 3.63) is 0 Å². The number of aliphatic hydroxyl groups is 1. The van der Waals surface area contributed by atoms with Crippen LogP contribution in [-0.2, 0) is 4.74 Å². The summed E-state index contributed by atoms with van der Waals surface area (Å²) in [7, 11) is 0. The summed E-state index contributed by atoms with van der Waals surface area (Å²) in [6.45, 7) is 7.18. The van der Waals surface area contributed by atoms with E-state index in [2.05, 4.69) is 18.7 Å². The SMILES string of the molecule is CC1(C)CCC(CN2CCC(O)C2)O1. The third-order valence-electron chi connectivity index (χ3n) is 3.26. The Morgan fingerprint density at radius 2 is 2.21 bits per heavy atom. The van der Waals surface area contributed by atoms with Crippen molar-refractivity contribution in [1.29, 1.82) is 0 Å². The molecule has 0 aliphatic carbocycles. The summed E-state index contributed by atoms with van der Waals surface area (Å²) < 4.78 is 5.92. The summed E-state index contributed by atoms with van der Waals surface area (Å²) in [5, 5.41) is 9.39. The number of rotatable bonds is 2. The highest BCUT2D eigenvalue weighted by atomic mass is 16.5. The number of β-amino-alcohol motifs (C(OH)–C–C–N with tert-alkyl or cyclic N) is 1. The van der Waals surface area contributed by atoms with E-state index in [-0.39, 0.29) is 11.7 Å². The van der Waals surface area contributed by atoms with Crippen LogP contribution in [0.15, 0.2) is 0 Å². The Kier molecular flexibility index (Phi) is 2.82. The lowest BCUT2D eigenvalue weighted by Crippen LogP contribution is -2.32. The first-order valence-electron chi connectivity index (χ1n) is 5.63. The van der Waals surface area contributed by atoms with Gasteiger partial charge in [0, 0.05) is 19.6 Å². The Morgan fingerprint density at radius 3 is 2.71 bits per heavy atom. The van der Waals surface area contributed by atoms with Crippen LogP contribution in [0.3, 0.4) is 0 Å². The Bertz CT molecular complexity index is 205. The summed E-state index contributed by atoms with van der Waals surface area (Å²) in [6.07, 6.45) is 3.53. The highest BCUT2D eigenvalue weighted by Gasteiger charge is 2.33. The molecule has 2 aliphatic heterocycles. The Hall–Kier alpha value is -0.120. The molecular formula is C11H21NO2. The molecule has 0 radical (unpaired) electrons. The number of hydrogen-bond donors (Lipinski definition) is 1. The van der Waals surface area contributed by atoms with E-state index in [4.69, 9.17) is 4.74 Å². The van der Waals surface area contributed by atoms with Gasteiger partial charge >= 0.3 is 0 Å². The highest BCUT2D eigenvalue weighted by molar-refractivity contribution is 4.84. The fraction of sp³-hybridized carbons (Fsp3) is 1.00. The van der Waals surface area contributed by atoms with Gasteiger partial charge in [0.2, 0.25) is 0 Å². The normalized spacial score (nSPS) is 37.9. The van der Waals surface area contributed by atoms with Gasteiger partial charge in [-0.25, -0.2) is 0 Å². The fourth-order valence-corrected chi connectivity index (χ4v) is 2.47. The zero-order chi connectivity index (χ0) is 10.2. The lowest BCUT2D eigenvalue weighted by Gasteiger charge is -2.23. The summed E-state index contributed by atoms with van der Waals surface area (Å²) in [5.41, 5.74) is 0.0724. The first kappa shape index (κ1) is 10.4. The molecule has 2 unspecified atom stereocenters. The van der Waals surface area contributed by atoms with Crippen LogP contribution in [0.2, 0.25) is 0 Å². The number of nitrogens with zero attached hydrogens (tertiary/aromatic N) is 1. The zero-order valence-corrected chi connectivity index (χ0v) is 9.20. The van der Waals surface area contributed by atoms with Crippen molar-refractivity contribution in [1.82, 2.24) is 4.90 Å². The van der Waals surface area contributed by atoms with Crippen LogP contribution < -0.4 is 0 Å². The van der Waals surface area contributed by atoms with Crippen molar-refractivity contribution < 1.29 is 9.84 Å². The molecule has 0 aromatic heterocycles. The third-order valence-corrected chi connectivity index (χ3v) is 3.26. The van der Waals surface area contributed by atoms with Gasteiger partial charge < -0.3 is 9.84 Å². The second-order valence-corrected chi connectivity index (χ2v) is 5.24. The fourth-order valence-electron chi connectivity index (χ4n) is 2.47. The van der Waals surface area contributed by atoms with Gasteiger partial charge in [0.1, 0.15) is 0 Å². The average molecular weight is 199 g/mol. The lowest BCUT2D eigenvalue weighted by molar-refractivity contribution is -0.0271. The molecule has 0 spiro atoms. The van der Waals surface area contributed by atoms with Crippen LogP contribution in [0.5, 0.6) is 0 Å². The van der Waals surface area contributed by atoms with Crippen molar-refractivity contribution >= 4 is 0 Å². The maximum atomic E-state index is 9.39. The molecule has 82 valence electrons. The van der Waals surface area contributed by atoms with Gasteiger partial charge in [-0.1, -0.05) is 0 Å². The van der Waals surface area contributed by atoms with Gasteiger partial charge in [-0.2, -0.15) is 0 Å². The molecule has 0 bridgehead atoms. The van der Waals surface area contributed by atoms with E-state index in [9.17, 15) is 5.11 Å². The molecule has 3 heteroatoms. The molecule has 0 saturated carbocycles. The van der Waals surface area contributed by atoms with E-state index < -0.39 is 0 Å². The maximum Gasteiger partial charge on any atom is 0.0710 e. The summed E-state index contributed by atoms with van der Waals surface area (Å²) >= 11 is 0. The van der Waals surface area contributed by atoms with Gasteiger partial charge in [-0.15, -0.1) is 0 Å². The predicted molar refractivity (Wildman–Crippen MR) is 55.2 cm³/mol. The lowest BCUT2D eigenvalue weighted by atomic mass is 10.1. The summed E-state index contributed by atoms with van der Waals surface area (Å²) in [6, 6.07) is 0. The molecule has 3 nitrogen and oxygen atoms in total. The number of aliphatic hydroxyl groups excluding tert-OH is 1. The largest absolute Gasteiger partial charge is 0.392 e. The second kappa shape index (κ2) is 3.80. The summed E-state index contributed by atoms with van der Waals surface area (Å²) in [5.74, 6) is 0. The number of ether oxygens (including phenoxy) is 1. The van der Waals surface area contributed by atoms with Crippen LogP contribution in [-0.4, -0.2) is 47.4 Å². The van der Waals surface area contributed by atoms with Gasteiger partial charge in [0.15, 0.2) is 0 Å². The molecule has 1 N–H and O–H groups in total. The molecule has 2 rings (SSSR count). The Labute approximate surface area is 86.0 Å². The number of hydrogen-bond acceptors (Lipinski definition) is 3. The summed E-state index contributed by atoms with van der Waals surface area (Å²) in [4.78, 5) is 2.32. The van der Waals surface area contributed by atoms with Crippen LogP contribution in [0.1, 0.15) is 33.1 Å². The minimum absolute atomic E-state index is 0.0724. The molecule has 2 fully saturated rings. The van der Waals surface area contributed by atoms with Gasteiger partial charge in [-0.05, 0) is 33.1 Å². The standard InChI is InChI=1S/C11H21NO2/c1-11(2)5-3-10(14-11)8-12-6-4-9(13)7-12/h9-10,13H,3-8H2,1-2H3. The van der Waals surface area contributed by atoms with Crippen molar-refractivity contribution in [2.24, 2.45) is 0 Å². The van der Waals surface area contributed by atoms with Gasteiger partial charge in [0.05, 0.1) is 17.8 Å². The van der Waals surface area contributed by atoms with E-state index in [0.717, 1.165) is 32.5 Å².